The number of benzene rings is 1. The van der Waals surface area contributed by atoms with Crippen molar-refractivity contribution in [3.63, 3.8) is 0 Å². The van der Waals surface area contributed by atoms with Crippen molar-refractivity contribution in [1.82, 2.24) is 0 Å². The van der Waals surface area contributed by atoms with Crippen LogP contribution >= 0.6 is 15.9 Å². The summed E-state index contributed by atoms with van der Waals surface area (Å²) in [6.45, 7) is 2.09. The SMILES string of the molecule is O=C(CCC1CCCO1)c1cc2c(cc1Br)OCCCO2. The summed E-state index contributed by atoms with van der Waals surface area (Å²) in [5.74, 6) is 1.49. The second-order valence-corrected chi connectivity index (χ2v) is 6.28. The monoisotopic (exact) mass is 354 g/mol. The van der Waals surface area contributed by atoms with Crippen LogP contribution in [0.1, 0.15) is 42.5 Å². The highest BCUT2D eigenvalue weighted by Gasteiger charge is 2.21. The molecule has 1 atom stereocenters. The van der Waals surface area contributed by atoms with Gasteiger partial charge in [-0.2, -0.15) is 0 Å². The number of carbonyl (C=O) groups excluding carboxylic acids is 1. The highest BCUT2D eigenvalue weighted by Crippen LogP contribution is 2.36. The van der Waals surface area contributed by atoms with Gasteiger partial charge in [0, 0.05) is 29.5 Å². The maximum Gasteiger partial charge on any atom is 0.164 e. The third kappa shape index (κ3) is 3.58. The van der Waals surface area contributed by atoms with Gasteiger partial charge in [0.2, 0.25) is 0 Å². The fourth-order valence-corrected chi connectivity index (χ4v) is 3.24. The van der Waals surface area contributed by atoms with E-state index in [0.29, 0.717) is 36.7 Å². The van der Waals surface area contributed by atoms with Crippen LogP contribution in [0.25, 0.3) is 0 Å². The van der Waals surface area contributed by atoms with E-state index in [-0.39, 0.29) is 11.9 Å². The first-order valence-corrected chi connectivity index (χ1v) is 8.27. The van der Waals surface area contributed by atoms with Crippen LogP contribution in [-0.2, 0) is 4.74 Å². The molecule has 0 spiro atoms. The zero-order valence-electron chi connectivity index (χ0n) is 11.9. The third-order valence-electron chi connectivity index (χ3n) is 3.85. The van der Waals surface area contributed by atoms with Gasteiger partial charge in [0.05, 0.1) is 19.3 Å². The molecule has 3 rings (SSSR count). The molecule has 1 fully saturated rings. The van der Waals surface area contributed by atoms with Crippen LogP contribution in [-0.4, -0.2) is 31.7 Å². The molecule has 0 bridgehead atoms. The zero-order valence-corrected chi connectivity index (χ0v) is 13.5. The van der Waals surface area contributed by atoms with Crippen LogP contribution < -0.4 is 9.47 Å². The van der Waals surface area contributed by atoms with E-state index in [0.717, 1.165) is 36.8 Å². The number of hydrogen-bond donors (Lipinski definition) is 0. The molecule has 1 aromatic carbocycles. The fraction of sp³-hybridized carbons (Fsp3) is 0.562. The Morgan fingerprint density at radius 1 is 1.14 bits per heavy atom. The third-order valence-corrected chi connectivity index (χ3v) is 4.51. The number of ether oxygens (including phenoxy) is 3. The Morgan fingerprint density at radius 3 is 2.62 bits per heavy atom. The van der Waals surface area contributed by atoms with Crippen LogP contribution in [0.5, 0.6) is 11.5 Å². The average Bonchev–Trinajstić information content (AvgIpc) is 2.89. The minimum atomic E-state index is 0.119. The van der Waals surface area contributed by atoms with Crippen LogP contribution in [0.3, 0.4) is 0 Å². The summed E-state index contributed by atoms with van der Waals surface area (Å²) in [4.78, 5) is 12.4. The average molecular weight is 355 g/mol. The maximum absolute atomic E-state index is 12.4. The van der Waals surface area contributed by atoms with Crippen molar-refractivity contribution in [2.75, 3.05) is 19.8 Å². The van der Waals surface area contributed by atoms with E-state index in [1.165, 1.54) is 0 Å². The molecule has 0 saturated carbocycles. The number of Topliss-reactive ketones (excluding diaryl/α,β-unsaturated/α-hetero) is 1. The first-order valence-electron chi connectivity index (χ1n) is 7.48. The van der Waals surface area contributed by atoms with Crippen molar-refractivity contribution < 1.29 is 19.0 Å². The smallest absolute Gasteiger partial charge is 0.164 e. The molecule has 0 radical (unpaired) electrons. The van der Waals surface area contributed by atoms with Gasteiger partial charge in [0.25, 0.3) is 0 Å². The van der Waals surface area contributed by atoms with Gasteiger partial charge in [-0.1, -0.05) is 0 Å². The second kappa shape index (κ2) is 6.79. The summed E-state index contributed by atoms with van der Waals surface area (Å²) in [6, 6.07) is 3.63. The molecule has 0 aromatic heterocycles. The minimum absolute atomic E-state index is 0.119. The number of ketones is 1. The van der Waals surface area contributed by atoms with Crippen molar-refractivity contribution in [3.8, 4) is 11.5 Å². The summed E-state index contributed by atoms with van der Waals surface area (Å²) in [5, 5.41) is 0. The highest BCUT2D eigenvalue weighted by molar-refractivity contribution is 9.10. The summed E-state index contributed by atoms with van der Waals surface area (Å²) >= 11 is 3.47. The molecular weight excluding hydrogens is 336 g/mol. The van der Waals surface area contributed by atoms with Gasteiger partial charge in [0.15, 0.2) is 17.3 Å². The number of halogens is 1. The molecule has 0 N–H and O–H groups in total. The van der Waals surface area contributed by atoms with Crippen molar-refractivity contribution in [2.45, 2.75) is 38.2 Å². The van der Waals surface area contributed by atoms with E-state index in [1.807, 2.05) is 6.07 Å². The molecule has 2 aliphatic rings. The molecular formula is C16H19BrO4. The van der Waals surface area contributed by atoms with Crippen molar-refractivity contribution in [3.05, 3.63) is 22.2 Å². The quantitative estimate of drug-likeness (QED) is 0.772. The van der Waals surface area contributed by atoms with E-state index < -0.39 is 0 Å². The summed E-state index contributed by atoms with van der Waals surface area (Å²) in [5.41, 5.74) is 0.664. The number of fused-ring (bicyclic) bond motifs is 1. The Morgan fingerprint density at radius 2 is 1.90 bits per heavy atom. The zero-order chi connectivity index (χ0) is 14.7. The topological polar surface area (TPSA) is 44.8 Å². The lowest BCUT2D eigenvalue weighted by Gasteiger charge is -2.12. The van der Waals surface area contributed by atoms with Crippen LogP contribution in [0.4, 0.5) is 0 Å². The number of carbonyl (C=O) groups is 1. The van der Waals surface area contributed by atoms with Gasteiger partial charge < -0.3 is 14.2 Å². The van der Waals surface area contributed by atoms with Crippen LogP contribution in [0.15, 0.2) is 16.6 Å². The summed E-state index contributed by atoms with van der Waals surface area (Å²) in [6.07, 6.45) is 4.56. The van der Waals surface area contributed by atoms with Crippen LogP contribution in [0, 0.1) is 0 Å². The van der Waals surface area contributed by atoms with E-state index in [1.54, 1.807) is 6.07 Å². The van der Waals surface area contributed by atoms with Gasteiger partial charge in [-0.3, -0.25) is 4.79 Å². The van der Waals surface area contributed by atoms with Gasteiger partial charge >= 0.3 is 0 Å². The molecule has 1 aromatic rings. The van der Waals surface area contributed by atoms with Gasteiger partial charge in [-0.25, -0.2) is 0 Å². The molecule has 2 heterocycles. The lowest BCUT2D eigenvalue weighted by molar-refractivity contribution is 0.0858. The van der Waals surface area contributed by atoms with Crippen LogP contribution in [0.2, 0.25) is 0 Å². The fourth-order valence-electron chi connectivity index (χ4n) is 2.70. The molecule has 114 valence electrons. The molecule has 1 saturated heterocycles. The van der Waals surface area contributed by atoms with E-state index in [2.05, 4.69) is 15.9 Å². The predicted octanol–water partition coefficient (Wildman–Crippen LogP) is 3.75. The summed E-state index contributed by atoms with van der Waals surface area (Å²) in [7, 11) is 0. The minimum Gasteiger partial charge on any atom is -0.490 e. The van der Waals surface area contributed by atoms with Gasteiger partial charge in [0.1, 0.15) is 0 Å². The Balaban J connectivity index is 1.71. The standard InChI is InChI=1S/C16H19BrO4/c17-13-10-16-15(20-7-2-8-21-16)9-12(13)14(18)5-4-11-3-1-6-19-11/h9-11H,1-8H2. The number of rotatable bonds is 4. The van der Waals surface area contributed by atoms with Crippen molar-refractivity contribution >= 4 is 21.7 Å². The maximum atomic E-state index is 12.4. The Hall–Kier alpha value is -1.07. The summed E-state index contributed by atoms with van der Waals surface area (Å²) < 4.78 is 17.6. The van der Waals surface area contributed by atoms with E-state index >= 15 is 0 Å². The second-order valence-electron chi connectivity index (χ2n) is 5.43. The highest BCUT2D eigenvalue weighted by atomic mass is 79.9. The largest absolute Gasteiger partial charge is 0.490 e. The molecule has 0 aliphatic carbocycles. The molecule has 2 aliphatic heterocycles. The van der Waals surface area contributed by atoms with Gasteiger partial charge in [-0.05, 0) is 47.3 Å². The Kier molecular flexibility index (Phi) is 4.80. The molecule has 1 unspecified atom stereocenters. The first kappa shape index (κ1) is 14.9. The number of hydrogen-bond acceptors (Lipinski definition) is 4. The lowest BCUT2D eigenvalue weighted by Crippen LogP contribution is -2.09. The molecule has 5 heteroatoms. The van der Waals surface area contributed by atoms with Gasteiger partial charge in [-0.15, -0.1) is 0 Å². The molecule has 4 nitrogen and oxygen atoms in total. The molecule has 21 heavy (non-hydrogen) atoms. The molecule has 0 amide bonds. The first-order chi connectivity index (χ1) is 10.2. The van der Waals surface area contributed by atoms with Crippen molar-refractivity contribution in [2.24, 2.45) is 0 Å². The van der Waals surface area contributed by atoms with E-state index in [9.17, 15) is 4.79 Å². The Labute approximate surface area is 132 Å². The van der Waals surface area contributed by atoms with E-state index in [4.69, 9.17) is 14.2 Å². The normalized spacial score (nSPS) is 21.1. The lowest BCUT2D eigenvalue weighted by atomic mass is 10.0. The Bertz CT molecular complexity index is 523. The predicted molar refractivity (Wildman–Crippen MR) is 82.3 cm³/mol. The van der Waals surface area contributed by atoms with Crippen molar-refractivity contribution in [1.29, 1.82) is 0 Å².